The van der Waals surface area contributed by atoms with Crippen LogP contribution in [0.3, 0.4) is 0 Å². The first-order valence-corrected chi connectivity index (χ1v) is 8.09. The van der Waals surface area contributed by atoms with Gasteiger partial charge < -0.3 is 5.11 Å². The molecule has 0 bridgehead atoms. The molecule has 0 spiro atoms. The van der Waals surface area contributed by atoms with Gasteiger partial charge in [-0.3, -0.25) is 4.90 Å². The summed E-state index contributed by atoms with van der Waals surface area (Å²) in [5.74, 6) is 0.471. The third-order valence-electron chi connectivity index (χ3n) is 4.09. The number of benzene rings is 1. The van der Waals surface area contributed by atoms with Crippen LogP contribution in [-0.2, 0) is 17.4 Å². The van der Waals surface area contributed by atoms with Crippen molar-refractivity contribution < 1.29 is 5.11 Å². The van der Waals surface area contributed by atoms with Crippen LogP contribution in [0.25, 0.3) is 0 Å². The SMILES string of the molecule is CCN(CC)Cc1cc(C(C)(C)C)c(O)c(C(C)(C)C)c1.Cl. The van der Waals surface area contributed by atoms with Gasteiger partial charge in [-0.1, -0.05) is 67.5 Å². The van der Waals surface area contributed by atoms with Crippen molar-refractivity contribution in [2.75, 3.05) is 13.1 Å². The first-order valence-electron chi connectivity index (χ1n) is 8.09. The van der Waals surface area contributed by atoms with Gasteiger partial charge >= 0.3 is 0 Å². The molecule has 0 aliphatic rings. The molecular weight excluding hydrogens is 294 g/mol. The molecule has 0 heterocycles. The van der Waals surface area contributed by atoms with E-state index in [-0.39, 0.29) is 23.2 Å². The van der Waals surface area contributed by atoms with Crippen molar-refractivity contribution in [1.29, 1.82) is 0 Å². The van der Waals surface area contributed by atoms with Gasteiger partial charge in [-0.05, 0) is 40.6 Å². The summed E-state index contributed by atoms with van der Waals surface area (Å²) in [5, 5.41) is 10.7. The molecule has 1 rings (SSSR count). The fourth-order valence-electron chi connectivity index (χ4n) is 2.63. The Morgan fingerprint density at radius 1 is 0.864 bits per heavy atom. The van der Waals surface area contributed by atoms with Crippen molar-refractivity contribution in [3.63, 3.8) is 0 Å². The number of hydrogen-bond donors (Lipinski definition) is 1. The molecular formula is C19H34ClNO. The first kappa shape index (κ1) is 21.3. The number of rotatable bonds is 4. The van der Waals surface area contributed by atoms with Gasteiger partial charge in [0.05, 0.1) is 0 Å². The quantitative estimate of drug-likeness (QED) is 0.816. The molecule has 3 heteroatoms. The molecule has 128 valence electrons. The standard InChI is InChI=1S/C19H33NO.ClH/c1-9-20(10-2)13-14-11-15(18(3,4)5)17(21)16(12-14)19(6,7)8;/h11-12,21H,9-10,13H2,1-8H3;1H. The highest BCUT2D eigenvalue weighted by Gasteiger charge is 2.26. The average Bonchev–Trinajstić information content (AvgIpc) is 2.34. The molecule has 0 amide bonds. The van der Waals surface area contributed by atoms with E-state index < -0.39 is 0 Å². The Morgan fingerprint density at radius 2 is 1.23 bits per heavy atom. The van der Waals surface area contributed by atoms with Gasteiger partial charge in [-0.25, -0.2) is 0 Å². The highest BCUT2D eigenvalue weighted by molar-refractivity contribution is 5.85. The molecule has 0 unspecified atom stereocenters. The normalized spacial score (nSPS) is 12.4. The average molecular weight is 328 g/mol. The Kier molecular flexibility index (Phi) is 7.44. The highest BCUT2D eigenvalue weighted by Crippen LogP contribution is 2.39. The Morgan fingerprint density at radius 3 is 1.50 bits per heavy atom. The van der Waals surface area contributed by atoms with Crippen molar-refractivity contribution in [1.82, 2.24) is 4.90 Å². The van der Waals surface area contributed by atoms with Crippen LogP contribution >= 0.6 is 12.4 Å². The maximum absolute atomic E-state index is 10.7. The summed E-state index contributed by atoms with van der Waals surface area (Å²) < 4.78 is 0. The molecule has 0 atom stereocenters. The molecule has 1 aromatic rings. The van der Waals surface area contributed by atoms with E-state index >= 15 is 0 Å². The van der Waals surface area contributed by atoms with Gasteiger partial charge in [0, 0.05) is 6.54 Å². The molecule has 0 aromatic heterocycles. The van der Waals surface area contributed by atoms with E-state index in [9.17, 15) is 5.11 Å². The van der Waals surface area contributed by atoms with Crippen LogP contribution in [0.5, 0.6) is 5.75 Å². The van der Waals surface area contributed by atoms with E-state index in [2.05, 4.69) is 72.4 Å². The lowest BCUT2D eigenvalue weighted by Crippen LogP contribution is -2.24. The summed E-state index contributed by atoms with van der Waals surface area (Å²) in [6.45, 7) is 20.4. The summed E-state index contributed by atoms with van der Waals surface area (Å²) in [7, 11) is 0. The first-order chi connectivity index (χ1) is 9.50. The minimum atomic E-state index is -0.0522. The monoisotopic (exact) mass is 327 g/mol. The number of phenolic OH excluding ortho intramolecular Hbond substituents is 1. The molecule has 0 saturated heterocycles. The lowest BCUT2D eigenvalue weighted by Gasteiger charge is -2.29. The lowest BCUT2D eigenvalue weighted by molar-refractivity contribution is 0.295. The minimum absolute atomic E-state index is 0. The number of halogens is 1. The fourth-order valence-corrected chi connectivity index (χ4v) is 2.63. The van der Waals surface area contributed by atoms with Crippen molar-refractivity contribution in [2.45, 2.75) is 72.8 Å². The summed E-state index contributed by atoms with van der Waals surface area (Å²) in [6, 6.07) is 4.37. The van der Waals surface area contributed by atoms with Crippen molar-refractivity contribution in [3.8, 4) is 5.75 Å². The van der Waals surface area contributed by atoms with Gasteiger partial charge in [-0.2, -0.15) is 0 Å². The molecule has 0 saturated carbocycles. The number of phenols is 1. The zero-order valence-corrected chi connectivity index (χ0v) is 16.4. The summed E-state index contributed by atoms with van der Waals surface area (Å²) in [5.41, 5.74) is 3.30. The molecule has 0 aliphatic heterocycles. The number of nitrogens with zero attached hydrogens (tertiary/aromatic N) is 1. The summed E-state index contributed by atoms with van der Waals surface area (Å²) >= 11 is 0. The second-order valence-electron chi connectivity index (χ2n) is 8.00. The van der Waals surface area contributed by atoms with Crippen LogP contribution in [0.1, 0.15) is 72.1 Å². The second-order valence-corrected chi connectivity index (χ2v) is 8.00. The van der Waals surface area contributed by atoms with E-state index in [1.807, 2.05) is 0 Å². The van der Waals surface area contributed by atoms with Crippen LogP contribution in [0.4, 0.5) is 0 Å². The van der Waals surface area contributed by atoms with Crippen LogP contribution in [0.15, 0.2) is 12.1 Å². The van der Waals surface area contributed by atoms with Crippen molar-refractivity contribution in [3.05, 3.63) is 28.8 Å². The summed E-state index contributed by atoms with van der Waals surface area (Å²) in [4.78, 5) is 2.41. The largest absolute Gasteiger partial charge is 0.507 e. The molecule has 1 aromatic carbocycles. The Balaban J connectivity index is 0.00000441. The number of hydrogen-bond acceptors (Lipinski definition) is 2. The third-order valence-corrected chi connectivity index (χ3v) is 4.09. The van der Waals surface area contributed by atoms with Gasteiger partial charge in [0.25, 0.3) is 0 Å². The molecule has 2 nitrogen and oxygen atoms in total. The van der Waals surface area contributed by atoms with Crippen LogP contribution < -0.4 is 0 Å². The van der Waals surface area contributed by atoms with Crippen LogP contribution in [0, 0.1) is 0 Å². The van der Waals surface area contributed by atoms with Crippen molar-refractivity contribution >= 4 is 12.4 Å². The molecule has 0 radical (unpaired) electrons. The third kappa shape index (κ3) is 5.17. The van der Waals surface area contributed by atoms with Crippen molar-refractivity contribution in [2.24, 2.45) is 0 Å². The van der Waals surface area contributed by atoms with Gasteiger partial charge in [-0.15, -0.1) is 12.4 Å². The smallest absolute Gasteiger partial charge is 0.123 e. The molecule has 1 N–H and O–H groups in total. The molecule has 0 aliphatic carbocycles. The fraction of sp³-hybridized carbons (Fsp3) is 0.684. The van der Waals surface area contributed by atoms with Gasteiger partial charge in [0.15, 0.2) is 0 Å². The van der Waals surface area contributed by atoms with E-state index in [1.165, 1.54) is 5.56 Å². The summed E-state index contributed by atoms with van der Waals surface area (Å²) in [6.07, 6.45) is 0. The Bertz CT molecular complexity index is 444. The Hall–Kier alpha value is -0.730. The molecule has 0 fully saturated rings. The highest BCUT2D eigenvalue weighted by atomic mass is 35.5. The zero-order chi connectivity index (χ0) is 16.4. The van der Waals surface area contributed by atoms with E-state index in [0.717, 1.165) is 30.8 Å². The van der Waals surface area contributed by atoms with Gasteiger partial charge in [0.2, 0.25) is 0 Å². The molecule has 22 heavy (non-hydrogen) atoms. The second kappa shape index (κ2) is 7.70. The van der Waals surface area contributed by atoms with E-state index in [0.29, 0.717) is 5.75 Å². The predicted molar refractivity (Wildman–Crippen MR) is 99.4 cm³/mol. The predicted octanol–water partition coefficient (Wildman–Crippen LogP) is 5.25. The Labute approximate surface area is 143 Å². The van der Waals surface area contributed by atoms with Crippen LogP contribution in [-0.4, -0.2) is 23.1 Å². The maximum atomic E-state index is 10.7. The topological polar surface area (TPSA) is 23.5 Å². The minimum Gasteiger partial charge on any atom is -0.507 e. The lowest BCUT2D eigenvalue weighted by atomic mass is 9.78. The maximum Gasteiger partial charge on any atom is 0.123 e. The zero-order valence-electron chi connectivity index (χ0n) is 15.6. The number of aromatic hydroxyl groups is 1. The van der Waals surface area contributed by atoms with Gasteiger partial charge in [0.1, 0.15) is 5.75 Å². The van der Waals surface area contributed by atoms with Crippen LogP contribution in [0.2, 0.25) is 0 Å². The van der Waals surface area contributed by atoms with E-state index in [4.69, 9.17) is 0 Å². The van der Waals surface area contributed by atoms with E-state index in [1.54, 1.807) is 0 Å².